The largest absolute Gasteiger partial charge is 0.396 e. The average molecular weight is 256 g/mol. The Balaban J connectivity index is 2.31. The average Bonchev–Trinajstić information content (AvgIpc) is 2.75. The number of halogens is 1. The van der Waals surface area contributed by atoms with Gasteiger partial charge >= 0.3 is 0 Å². The number of imidazole rings is 1. The molecule has 3 N–H and O–H groups in total. The normalized spacial score (nSPS) is 14.8. The van der Waals surface area contributed by atoms with Crippen molar-refractivity contribution in [1.29, 1.82) is 0 Å². The van der Waals surface area contributed by atoms with Crippen molar-refractivity contribution in [2.24, 2.45) is 5.92 Å². The van der Waals surface area contributed by atoms with Crippen molar-refractivity contribution in [3.8, 4) is 0 Å². The van der Waals surface area contributed by atoms with E-state index in [9.17, 15) is 0 Å². The van der Waals surface area contributed by atoms with Crippen LogP contribution in [-0.2, 0) is 0 Å². The Morgan fingerprint density at radius 1 is 1.47 bits per heavy atom. The molecular weight excluding hydrogens is 242 g/mol. The third kappa shape index (κ3) is 2.48. The third-order valence-corrected chi connectivity index (χ3v) is 2.93. The van der Waals surface area contributed by atoms with Crippen LogP contribution < -0.4 is 5.32 Å². The first-order valence-corrected chi connectivity index (χ1v) is 5.73. The van der Waals surface area contributed by atoms with E-state index in [0.717, 1.165) is 0 Å². The van der Waals surface area contributed by atoms with Crippen LogP contribution in [0.3, 0.4) is 0 Å². The Hall–Kier alpha value is -1.40. The second-order valence-electron chi connectivity index (χ2n) is 4.04. The zero-order valence-corrected chi connectivity index (χ0v) is 10.4. The molecule has 2 heterocycles. The molecule has 2 atom stereocenters. The van der Waals surface area contributed by atoms with Gasteiger partial charge in [0.25, 0.3) is 0 Å². The maximum absolute atomic E-state index is 9.09. The zero-order valence-electron chi connectivity index (χ0n) is 9.61. The highest BCUT2D eigenvalue weighted by atomic mass is 35.5. The van der Waals surface area contributed by atoms with Gasteiger partial charge in [-0.1, -0.05) is 6.92 Å². The number of anilines is 1. The summed E-state index contributed by atoms with van der Waals surface area (Å²) >= 11 is 5.81. The van der Waals surface area contributed by atoms with Crippen molar-refractivity contribution in [3.63, 3.8) is 0 Å². The minimum Gasteiger partial charge on any atom is -0.396 e. The summed E-state index contributed by atoms with van der Waals surface area (Å²) < 4.78 is 0. The van der Waals surface area contributed by atoms with Gasteiger partial charge in [-0.2, -0.15) is 9.97 Å². The number of aliphatic hydroxyl groups excluding tert-OH is 1. The quantitative estimate of drug-likeness (QED) is 0.720. The maximum Gasteiger partial charge on any atom is 0.226 e. The molecule has 0 aliphatic carbocycles. The molecule has 0 saturated heterocycles. The molecule has 0 bridgehead atoms. The van der Waals surface area contributed by atoms with Gasteiger partial charge in [-0.25, -0.2) is 4.98 Å². The predicted octanol–water partition coefficient (Wildman–Crippen LogP) is 1.44. The highest BCUT2D eigenvalue weighted by molar-refractivity contribution is 6.28. The molecule has 2 unspecified atom stereocenters. The second-order valence-corrected chi connectivity index (χ2v) is 4.37. The lowest BCUT2D eigenvalue weighted by molar-refractivity contribution is 0.226. The van der Waals surface area contributed by atoms with Crippen molar-refractivity contribution >= 4 is 28.6 Å². The van der Waals surface area contributed by atoms with Crippen molar-refractivity contribution in [2.75, 3.05) is 11.9 Å². The van der Waals surface area contributed by atoms with E-state index in [1.165, 1.54) is 0 Å². The zero-order chi connectivity index (χ0) is 12.4. The van der Waals surface area contributed by atoms with Crippen LogP contribution in [-0.4, -0.2) is 37.7 Å². The lowest BCUT2D eigenvalue weighted by Crippen LogP contribution is -2.26. The lowest BCUT2D eigenvalue weighted by Gasteiger charge is -2.19. The summed E-state index contributed by atoms with van der Waals surface area (Å²) in [5.41, 5.74) is 1.24. The summed E-state index contributed by atoms with van der Waals surface area (Å²) in [6.45, 7) is 4.03. The number of nitrogens with one attached hydrogen (secondary N) is 2. The van der Waals surface area contributed by atoms with E-state index in [1.54, 1.807) is 6.33 Å². The Morgan fingerprint density at radius 2 is 2.24 bits per heavy atom. The standard InChI is InChI=1S/C10H14ClN5O/c1-5(3-17)6(2)14-9-7-8(13-4-12-7)15-10(11)16-9/h4-6,17H,3H2,1-2H3,(H2,12,13,14,15,16). The van der Waals surface area contributed by atoms with Gasteiger partial charge in [0, 0.05) is 12.6 Å². The molecule has 0 fully saturated rings. The molecule has 0 aliphatic rings. The van der Waals surface area contributed by atoms with Gasteiger partial charge in [-0.15, -0.1) is 0 Å². The molecule has 2 aromatic heterocycles. The number of nitrogens with zero attached hydrogens (tertiary/aromatic N) is 3. The minimum atomic E-state index is 0.0671. The first kappa shape index (κ1) is 12.1. The fourth-order valence-corrected chi connectivity index (χ4v) is 1.59. The van der Waals surface area contributed by atoms with Crippen molar-refractivity contribution in [2.45, 2.75) is 19.9 Å². The molecular formula is C10H14ClN5O. The predicted molar refractivity (Wildman–Crippen MR) is 66.0 cm³/mol. The summed E-state index contributed by atoms with van der Waals surface area (Å²) in [6.07, 6.45) is 1.54. The van der Waals surface area contributed by atoms with Crippen LogP contribution in [0.5, 0.6) is 0 Å². The first-order chi connectivity index (χ1) is 8.11. The van der Waals surface area contributed by atoms with E-state index >= 15 is 0 Å². The first-order valence-electron chi connectivity index (χ1n) is 5.36. The molecule has 0 amide bonds. The Labute approximate surface area is 103 Å². The molecule has 7 heteroatoms. The van der Waals surface area contributed by atoms with Gasteiger partial charge < -0.3 is 15.4 Å². The minimum absolute atomic E-state index is 0.0671. The molecule has 0 aliphatic heterocycles. The van der Waals surface area contributed by atoms with E-state index in [-0.39, 0.29) is 23.9 Å². The number of aliphatic hydroxyl groups is 1. The van der Waals surface area contributed by atoms with E-state index in [2.05, 4.69) is 25.3 Å². The Bertz CT molecular complexity index is 514. The van der Waals surface area contributed by atoms with Crippen LogP contribution in [0.1, 0.15) is 13.8 Å². The third-order valence-electron chi connectivity index (χ3n) is 2.76. The summed E-state index contributed by atoms with van der Waals surface area (Å²) in [5.74, 6) is 0.715. The smallest absolute Gasteiger partial charge is 0.226 e. The van der Waals surface area contributed by atoms with Gasteiger partial charge in [0.2, 0.25) is 5.28 Å². The molecule has 0 spiro atoms. The van der Waals surface area contributed by atoms with Crippen LogP contribution in [0.15, 0.2) is 6.33 Å². The summed E-state index contributed by atoms with van der Waals surface area (Å²) in [6, 6.07) is 0.0671. The molecule has 92 valence electrons. The second kappa shape index (κ2) is 4.85. The van der Waals surface area contributed by atoms with Crippen LogP contribution in [0.25, 0.3) is 11.2 Å². The summed E-state index contributed by atoms with van der Waals surface area (Å²) in [4.78, 5) is 15.1. The number of aromatic nitrogens is 4. The molecule has 0 radical (unpaired) electrons. The highest BCUT2D eigenvalue weighted by Gasteiger charge is 2.15. The highest BCUT2D eigenvalue weighted by Crippen LogP contribution is 2.20. The number of hydrogen-bond donors (Lipinski definition) is 3. The Kier molecular flexibility index (Phi) is 3.44. The monoisotopic (exact) mass is 255 g/mol. The van der Waals surface area contributed by atoms with E-state index in [0.29, 0.717) is 17.0 Å². The molecule has 17 heavy (non-hydrogen) atoms. The van der Waals surface area contributed by atoms with Crippen LogP contribution >= 0.6 is 11.6 Å². The van der Waals surface area contributed by atoms with Crippen LogP contribution in [0.2, 0.25) is 5.28 Å². The van der Waals surface area contributed by atoms with E-state index in [1.807, 2.05) is 13.8 Å². The molecule has 0 aromatic carbocycles. The van der Waals surface area contributed by atoms with Gasteiger partial charge in [-0.3, -0.25) is 0 Å². The number of H-pyrrole nitrogens is 1. The van der Waals surface area contributed by atoms with Gasteiger partial charge in [-0.05, 0) is 24.4 Å². The van der Waals surface area contributed by atoms with Crippen molar-refractivity contribution in [1.82, 2.24) is 19.9 Å². The molecule has 2 aromatic rings. The summed E-state index contributed by atoms with van der Waals surface area (Å²) in [5, 5.41) is 12.4. The SMILES string of the molecule is CC(CO)C(C)Nc1nc(Cl)nc2nc[nH]c12. The van der Waals surface area contributed by atoms with Crippen molar-refractivity contribution < 1.29 is 5.11 Å². The van der Waals surface area contributed by atoms with Crippen molar-refractivity contribution in [3.05, 3.63) is 11.6 Å². The van der Waals surface area contributed by atoms with Gasteiger partial charge in [0.05, 0.1) is 6.33 Å². The van der Waals surface area contributed by atoms with Crippen LogP contribution in [0.4, 0.5) is 5.82 Å². The lowest BCUT2D eigenvalue weighted by atomic mass is 10.1. The fraction of sp³-hybridized carbons (Fsp3) is 0.500. The number of hydrogen-bond acceptors (Lipinski definition) is 5. The molecule has 0 saturated carbocycles. The van der Waals surface area contributed by atoms with E-state index in [4.69, 9.17) is 16.7 Å². The molecule has 6 nitrogen and oxygen atoms in total. The van der Waals surface area contributed by atoms with Gasteiger partial charge in [0.1, 0.15) is 5.52 Å². The number of rotatable bonds is 4. The van der Waals surface area contributed by atoms with E-state index < -0.39 is 0 Å². The van der Waals surface area contributed by atoms with Crippen LogP contribution in [0, 0.1) is 5.92 Å². The number of fused-ring (bicyclic) bond motifs is 1. The fourth-order valence-electron chi connectivity index (χ4n) is 1.43. The number of aromatic amines is 1. The summed E-state index contributed by atoms with van der Waals surface area (Å²) in [7, 11) is 0. The Morgan fingerprint density at radius 3 is 2.94 bits per heavy atom. The maximum atomic E-state index is 9.09. The topological polar surface area (TPSA) is 86.7 Å². The molecule has 2 rings (SSSR count). The van der Waals surface area contributed by atoms with Gasteiger partial charge in [0.15, 0.2) is 11.5 Å².